The Morgan fingerprint density at radius 2 is 1.82 bits per heavy atom. The third kappa shape index (κ3) is 3.82. The zero-order chi connectivity index (χ0) is 19.2. The van der Waals surface area contributed by atoms with E-state index in [0.29, 0.717) is 23.9 Å². The van der Waals surface area contributed by atoms with Gasteiger partial charge in [0.25, 0.3) is 5.91 Å². The predicted molar refractivity (Wildman–Crippen MR) is 111 cm³/mol. The molecule has 28 heavy (non-hydrogen) atoms. The van der Waals surface area contributed by atoms with Gasteiger partial charge in [0.15, 0.2) is 0 Å². The molecule has 8 heteroatoms. The van der Waals surface area contributed by atoms with Gasteiger partial charge in [-0.25, -0.2) is 8.42 Å². The summed E-state index contributed by atoms with van der Waals surface area (Å²) in [5.41, 5.74) is 1.36. The Kier molecular flexibility index (Phi) is 6.39. The highest BCUT2D eigenvalue weighted by Gasteiger charge is 2.39. The fourth-order valence-electron chi connectivity index (χ4n) is 4.75. The van der Waals surface area contributed by atoms with Crippen LogP contribution in [0.5, 0.6) is 0 Å². The number of rotatable bonds is 3. The summed E-state index contributed by atoms with van der Waals surface area (Å²) in [5, 5.41) is 3.38. The number of halogens is 1. The van der Waals surface area contributed by atoms with Crippen LogP contribution in [0.15, 0.2) is 23.1 Å². The van der Waals surface area contributed by atoms with Crippen molar-refractivity contribution in [3.05, 3.63) is 29.3 Å². The molecule has 0 aromatic heterocycles. The number of fused-ring (bicyclic) bond motifs is 1. The number of piperidine rings is 1. The van der Waals surface area contributed by atoms with Crippen LogP contribution < -0.4 is 5.32 Å². The first-order chi connectivity index (χ1) is 12.9. The summed E-state index contributed by atoms with van der Waals surface area (Å²) < 4.78 is 27.9. The number of carbonyl (C=O) groups is 1. The summed E-state index contributed by atoms with van der Waals surface area (Å²) in [6, 6.07) is 5.02. The van der Waals surface area contributed by atoms with Crippen molar-refractivity contribution < 1.29 is 13.2 Å². The van der Waals surface area contributed by atoms with Crippen LogP contribution in [-0.2, 0) is 10.0 Å². The normalized spacial score (nSPS) is 28.1. The monoisotopic (exact) mass is 427 g/mol. The molecule has 3 heterocycles. The van der Waals surface area contributed by atoms with Crippen molar-refractivity contribution in [3.8, 4) is 0 Å². The van der Waals surface area contributed by atoms with E-state index in [1.54, 1.807) is 22.5 Å². The first-order valence-corrected chi connectivity index (χ1v) is 11.4. The van der Waals surface area contributed by atoms with E-state index in [0.717, 1.165) is 51.0 Å². The van der Waals surface area contributed by atoms with Crippen LogP contribution in [0.1, 0.15) is 42.1 Å². The van der Waals surface area contributed by atoms with Crippen LogP contribution in [0.25, 0.3) is 0 Å². The number of nitrogens with zero attached hydrogens (tertiary/aromatic N) is 2. The topological polar surface area (TPSA) is 69.7 Å². The number of aryl methyl sites for hydroxylation is 1. The van der Waals surface area contributed by atoms with Crippen molar-refractivity contribution in [2.24, 2.45) is 11.8 Å². The molecule has 1 amide bonds. The van der Waals surface area contributed by atoms with Crippen molar-refractivity contribution in [2.75, 3.05) is 32.7 Å². The molecular formula is C20H30ClN3O3S. The van der Waals surface area contributed by atoms with E-state index in [4.69, 9.17) is 0 Å². The molecule has 0 aliphatic carbocycles. The van der Waals surface area contributed by atoms with Crippen LogP contribution >= 0.6 is 12.4 Å². The summed E-state index contributed by atoms with van der Waals surface area (Å²) in [5.74, 6) is 1.01. The highest BCUT2D eigenvalue weighted by molar-refractivity contribution is 7.89. The van der Waals surface area contributed by atoms with Crippen molar-refractivity contribution in [3.63, 3.8) is 0 Å². The van der Waals surface area contributed by atoms with Gasteiger partial charge in [0.1, 0.15) is 0 Å². The molecular weight excluding hydrogens is 398 g/mol. The third-order valence-electron chi connectivity index (χ3n) is 6.46. The first-order valence-electron chi connectivity index (χ1n) is 10.0. The number of likely N-dealkylation sites (tertiary alicyclic amines) is 1. The molecule has 0 spiro atoms. The van der Waals surface area contributed by atoms with Gasteiger partial charge in [-0.3, -0.25) is 4.79 Å². The Labute approximate surface area is 174 Å². The van der Waals surface area contributed by atoms with E-state index < -0.39 is 10.0 Å². The lowest BCUT2D eigenvalue weighted by molar-refractivity contribution is 0.0780. The maximum absolute atomic E-state index is 13.2. The molecule has 3 atom stereocenters. The van der Waals surface area contributed by atoms with Gasteiger partial charge in [-0.05, 0) is 56.2 Å². The van der Waals surface area contributed by atoms with Gasteiger partial charge >= 0.3 is 0 Å². The fourth-order valence-corrected chi connectivity index (χ4v) is 6.47. The summed E-state index contributed by atoms with van der Waals surface area (Å²) in [6.07, 6.45) is 2.85. The number of sulfonamides is 1. The minimum Gasteiger partial charge on any atom is -0.338 e. The second-order valence-corrected chi connectivity index (χ2v) is 10.2. The molecule has 0 saturated carbocycles. The smallest absolute Gasteiger partial charge is 0.254 e. The molecule has 156 valence electrons. The van der Waals surface area contributed by atoms with E-state index in [-0.39, 0.29) is 29.3 Å². The Bertz CT molecular complexity index is 833. The molecule has 0 bridgehead atoms. The van der Waals surface area contributed by atoms with Crippen molar-refractivity contribution in [1.29, 1.82) is 0 Å². The van der Waals surface area contributed by atoms with Crippen LogP contribution in [0.2, 0.25) is 0 Å². The third-order valence-corrected chi connectivity index (χ3v) is 8.47. The maximum Gasteiger partial charge on any atom is 0.254 e. The number of nitrogens with one attached hydrogen (secondary N) is 1. The Morgan fingerprint density at radius 1 is 1.14 bits per heavy atom. The lowest BCUT2D eigenvalue weighted by Gasteiger charge is -2.32. The molecule has 1 unspecified atom stereocenters. The van der Waals surface area contributed by atoms with Gasteiger partial charge in [-0.2, -0.15) is 4.31 Å². The van der Waals surface area contributed by atoms with Gasteiger partial charge in [0.05, 0.1) is 4.90 Å². The van der Waals surface area contributed by atoms with E-state index >= 15 is 0 Å². The number of hydrogen-bond donors (Lipinski definition) is 1. The average molecular weight is 428 g/mol. The van der Waals surface area contributed by atoms with E-state index in [9.17, 15) is 13.2 Å². The Hall–Kier alpha value is -1.15. The van der Waals surface area contributed by atoms with Gasteiger partial charge in [-0.1, -0.05) is 12.5 Å². The minimum absolute atomic E-state index is 0. The summed E-state index contributed by atoms with van der Waals surface area (Å²) in [6.45, 7) is 7.86. The van der Waals surface area contributed by atoms with E-state index in [1.807, 2.05) is 18.7 Å². The predicted octanol–water partition coefficient (Wildman–Crippen LogP) is 2.27. The molecule has 0 radical (unpaired) electrons. The van der Waals surface area contributed by atoms with E-state index in [1.165, 1.54) is 0 Å². The molecule has 6 nitrogen and oxygen atoms in total. The van der Waals surface area contributed by atoms with Gasteiger partial charge in [0, 0.05) is 44.3 Å². The highest BCUT2D eigenvalue weighted by Crippen LogP contribution is 2.30. The minimum atomic E-state index is -3.57. The molecule has 1 aromatic rings. The molecule has 3 aliphatic heterocycles. The standard InChI is InChI=1S/C20H29N3O3S.ClH/c1-14-6-7-18(27(25,26)23-8-4-3-5-15(23)2)9-19(14)20(24)22-12-16-10-21-11-17(16)13-22;/h6-7,9,15-17,21H,3-5,8,10-13H2,1-2H3;1H/t15?,16-,17+;. The first kappa shape index (κ1) is 21.6. The number of benzene rings is 1. The average Bonchev–Trinajstić information content (AvgIpc) is 3.23. The number of amides is 1. The molecule has 3 aliphatic rings. The van der Waals surface area contributed by atoms with Crippen LogP contribution in [-0.4, -0.2) is 62.3 Å². The van der Waals surface area contributed by atoms with Crippen molar-refractivity contribution in [2.45, 2.75) is 44.0 Å². The molecule has 1 N–H and O–H groups in total. The van der Waals surface area contributed by atoms with Gasteiger partial charge < -0.3 is 10.2 Å². The molecule has 3 saturated heterocycles. The Morgan fingerprint density at radius 3 is 2.46 bits per heavy atom. The fraction of sp³-hybridized carbons (Fsp3) is 0.650. The highest BCUT2D eigenvalue weighted by atomic mass is 35.5. The lowest BCUT2D eigenvalue weighted by atomic mass is 10.0. The van der Waals surface area contributed by atoms with Gasteiger partial charge in [-0.15, -0.1) is 12.4 Å². The summed E-state index contributed by atoms with van der Waals surface area (Å²) in [4.78, 5) is 15.3. The lowest BCUT2D eigenvalue weighted by Crippen LogP contribution is -2.42. The summed E-state index contributed by atoms with van der Waals surface area (Å²) in [7, 11) is -3.57. The van der Waals surface area contributed by atoms with Crippen LogP contribution in [0, 0.1) is 18.8 Å². The molecule has 3 fully saturated rings. The van der Waals surface area contributed by atoms with Crippen molar-refractivity contribution in [1.82, 2.24) is 14.5 Å². The van der Waals surface area contributed by atoms with Crippen LogP contribution in [0.3, 0.4) is 0 Å². The number of carbonyl (C=O) groups excluding carboxylic acids is 1. The van der Waals surface area contributed by atoms with E-state index in [2.05, 4.69) is 5.32 Å². The summed E-state index contributed by atoms with van der Waals surface area (Å²) >= 11 is 0. The molecule has 1 aromatic carbocycles. The molecule has 4 rings (SSSR count). The second kappa shape index (κ2) is 8.30. The largest absolute Gasteiger partial charge is 0.338 e. The second-order valence-electron chi connectivity index (χ2n) is 8.33. The zero-order valence-corrected chi connectivity index (χ0v) is 18.2. The zero-order valence-electron chi connectivity index (χ0n) is 16.6. The SMILES string of the molecule is Cc1ccc(S(=O)(=O)N2CCCCC2C)cc1C(=O)N1C[C@H]2CNC[C@H]2C1.Cl. The quantitative estimate of drug-likeness (QED) is 0.803. The maximum atomic E-state index is 13.2. The van der Waals surface area contributed by atoms with Gasteiger partial charge in [0.2, 0.25) is 10.0 Å². The van der Waals surface area contributed by atoms with Crippen molar-refractivity contribution >= 4 is 28.3 Å². The number of hydrogen-bond acceptors (Lipinski definition) is 4. The Balaban J connectivity index is 0.00000225. The van der Waals surface area contributed by atoms with Crippen LogP contribution in [0.4, 0.5) is 0 Å².